The summed E-state index contributed by atoms with van der Waals surface area (Å²) in [4.78, 5) is 0.848. The summed E-state index contributed by atoms with van der Waals surface area (Å²) in [7, 11) is 1.44. The van der Waals surface area contributed by atoms with Crippen molar-refractivity contribution in [3.63, 3.8) is 0 Å². The minimum atomic E-state index is -3.33. The second-order valence-electron chi connectivity index (χ2n) is 10.7. The van der Waals surface area contributed by atoms with Crippen molar-refractivity contribution in [1.29, 1.82) is 0 Å². The van der Waals surface area contributed by atoms with Crippen molar-refractivity contribution in [2.24, 2.45) is 17.8 Å². The minimum Gasteiger partial charge on any atom is -0.494 e. The van der Waals surface area contributed by atoms with Gasteiger partial charge < -0.3 is 9.47 Å². The number of allylic oxidation sites excluding steroid dienone is 2. The van der Waals surface area contributed by atoms with E-state index in [4.69, 9.17) is 9.47 Å². The smallest absolute Gasteiger partial charge is 0.422 e. The zero-order chi connectivity index (χ0) is 26.7. The lowest BCUT2D eigenvalue weighted by Gasteiger charge is -2.36. The van der Waals surface area contributed by atoms with Crippen LogP contribution in [0.25, 0.3) is 20.5 Å². The van der Waals surface area contributed by atoms with Gasteiger partial charge in [0.05, 0.1) is 11.8 Å². The van der Waals surface area contributed by atoms with E-state index in [0.29, 0.717) is 29.4 Å². The van der Waals surface area contributed by atoms with Crippen LogP contribution in [0.4, 0.5) is 13.2 Å². The molecule has 202 valence electrons. The van der Waals surface area contributed by atoms with Gasteiger partial charge >= 0.3 is 6.11 Å². The molecule has 1 aromatic heterocycles. The molecule has 1 heterocycles. The van der Waals surface area contributed by atoms with Crippen molar-refractivity contribution in [1.82, 2.24) is 0 Å². The van der Waals surface area contributed by atoms with E-state index < -0.39 is 6.11 Å². The number of rotatable bonds is 9. The molecule has 0 bridgehead atoms. The molecule has 5 rings (SSSR count). The number of hydrogen-bond donors (Lipinski definition) is 0. The van der Waals surface area contributed by atoms with E-state index in [1.54, 1.807) is 36.4 Å². The lowest BCUT2D eigenvalue weighted by atomic mass is 9.70. The molecule has 2 aromatic carbocycles. The van der Waals surface area contributed by atoms with Gasteiger partial charge in [-0.2, -0.15) is 8.78 Å². The molecule has 6 heteroatoms. The van der Waals surface area contributed by atoms with Gasteiger partial charge in [0.25, 0.3) is 0 Å². The largest absolute Gasteiger partial charge is 0.494 e. The molecule has 0 spiro atoms. The molecular formula is C32H35F3O2S. The Morgan fingerprint density at radius 3 is 2.45 bits per heavy atom. The summed E-state index contributed by atoms with van der Waals surface area (Å²) in [6, 6.07) is 11.9. The van der Waals surface area contributed by atoms with Gasteiger partial charge in [0.2, 0.25) is 0 Å². The molecule has 0 saturated heterocycles. The van der Waals surface area contributed by atoms with Crippen molar-refractivity contribution in [2.45, 2.75) is 63.9 Å². The summed E-state index contributed by atoms with van der Waals surface area (Å²) in [5.74, 6) is 1.88. The van der Waals surface area contributed by atoms with Gasteiger partial charge in [-0.15, -0.1) is 17.9 Å². The van der Waals surface area contributed by atoms with E-state index in [0.717, 1.165) is 34.6 Å². The Morgan fingerprint density at radius 1 is 1.03 bits per heavy atom. The number of thiophene rings is 1. The predicted molar refractivity (Wildman–Crippen MR) is 150 cm³/mol. The highest BCUT2D eigenvalue weighted by Gasteiger charge is 2.39. The van der Waals surface area contributed by atoms with Crippen LogP contribution in [-0.4, -0.2) is 13.2 Å². The number of fused-ring (bicyclic) bond motifs is 1. The van der Waals surface area contributed by atoms with Crippen LogP contribution in [0.15, 0.2) is 66.8 Å². The lowest BCUT2D eigenvalue weighted by molar-refractivity contribution is -0.145. The number of alkyl halides is 2. The number of halogens is 3. The van der Waals surface area contributed by atoms with Crippen LogP contribution in [0, 0.1) is 23.6 Å². The molecular weight excluding hydrogens is 505 g/mol. The zero-order valence-electron chi connectivity index (χ0n) is 21.9. The Kier molecular flexibility index (Phi) is 8.18. The molecule has 2 aliphatic rings. The standard InChI is InChI=1S/C32H35F3O2S/c1-3-4-5-21-6-8-22(9-7-21)23-10-15-26(16-11-23)32(34,35)37-27-17-12-24(13-18-27)29-20-25-14-19-28(36-2)30(33)31(25)38-29/h3,12-15,17-23H,1,4-11,16H2,2H3. The topological polar surface area (TPSA) is 18.5 Å². The average Bonchev–Trinajstić information content (AvgIpc) is 3.38. The highest BCUT2D eigenvalue weighted by atomic mass is 32.1. The number of hydrogen-bond acceptors (Lipinski definition) is 3. The van der Waals surface area contributed by atoms with Gasteiger partial charge in [-0.05, 0) is 116 Å². The Morgan fingerprint density at radius 2 is 1.79 bits per heavy atom. The van der Waals surface area contributed by atoms with Crippen LogP contribution in [0.5, 0.6) is 11.5 Å². The molecule has 0 radical (unpaired) electrons. The van der Waals surface area contributed by atoms with Gasteiger partial charge in [-0.25, -0.2) is 4.39 Å². The monoisotopic (exact) mass is 540 g/mol. The summed E-state index contributed by atoms with van der Waals surface area (Å²) in [6.07, 6.45) is 9.56. The van der Waals surface area contributed by atoms with E-state index in [2.05, 4.69) is 6.58 Å². The molecule has 38 heavy (non-hydrogen) atoms. The summed E-state index contributed by atoms with van der Waals surface area (Å²) in [5, 5.41) is 0.776. The molecule has 2 aliphatic carbocycles. The molecule has 1 saturated carbocycles. The van der Waals surface area contributed by atoms with Crippen LogP contribution >= 0.6 is 11.3 Å². The Bertz CT molecular complexity index is 1290. The SMILES string of the molecule is C=CCCC1CCC(C2CC=C(C(F)(F)Oc3ccc(-c4cc5ccc(OC)c(F)c5s4)cc3)CC2)CC1. The first-order valence-electron chi connectivity index (χ1n) is 13.6. The quantitative estimate of drug-likeness (QED) is 0.251. The van der Waals surface area contributed by atoms with Crippen molar-refractivity contribution in [3.05, 3.63) is 72.6 Å². The summed E-state index contributed by atoms with van der Waals surface area (Å²) in [5.41, 5.74) is 0.908. The fourth-order valence-corrected chi connectivity index (χ4v) is 7.20. The van der Waals surface area contributed by atoms with E-state index >= 15 is 8.78 Å². The number of methoxy groups -OCH3 is 1. The summed E-state index contributed by atoms with van der Waals surface area (Å²) in [6.45, 7) is 3.83. The Balaban J connectivity index is 1.19. The van der Waals surface area contributed by atoms with Crippen molar-refractivity contribution < 1.29 is 22.6 Å². The van der Waals surface area contributed by atoms with Crippen LogP contribution in [0.1, 0.15) is 57.8 Å². The van der Waals surface area contributed by atoms with E-state index in [1.165, 1.54) is 50.6 Å². The third kappa shape index (κ3) is 5.80. The average molecular weight is 541 g/mol. The number of ether oxygens (including phenoxy) is 2. The maximum absolute atomic E-state index is 15.1. The molecule has 0 amide bonds. The molecule has 0 N–H and O–H groups in total. The second kappa shape index (κ2) is 11.6. The Labute approximate surface area is 227 Å². The van der Waals surface area contributed by atoms with Gasteiger partial charge in [-0.1, -0.05) is 25.0 Å². The molecule has 3 aromatic rings. The zero-order valence-corrected chi connectivity index (χ0v) is 22.7. The Hall–Kier alpha value is -2.73. The maximum atomic E-state index is 15.1. The first-order chi connectivity index (χ1) is 18.4. The van der Waals surface area contributed by atoms with Crippen molar-refractivity contribution >= 4 is 21.4 Å². The first-order valence-corrected chi connectivity index (χ1v) is 14.4. The summed E-state index contributed by atoms with van der Waals surface area (Å²) >= 11 is 1.31. The molecule has 1 unspecified atom stereocenters. The number of benzene rings is 2. The van der Waals surface area contributed by atoms with Crippen LogP contribution in [0.2, 0.25) is 0 Å². The second-order valence-corrected chi connectivity index (χ2v) is 11.7. The minimum absolute atomic E-state index is 0.0893. The van der Waals surface area contributed by atoms with E-state index in [-0.39, 0.29) is 22.9 Å². The highest BCUT2D eigenvalue weighted by molar-refractivity contribution is 7.22. The van der Waals surface area contributed by atoms with Crippen molar-refractivity contribution in [2.75, 3.05) is 7.11 Å². The summed E-state index contributed by atoms with van der Waals surface area (Å²) < 4.78 is 55.5. The fraction of sp³-hybridized carbons (Fsp3) is 0.438. The molecule has 1 atom stereocenters. The van der Waals surface area contributed by atoms with Crippen LogP contribution in [0.3, 0.4) is 0 Å². The lowest BCUT2D eigenvalue weighted by Crippen LogP contribution is -2.31. The molecule has 2 nitrogen and oxygen atoms in total. The fourth-order valence-electron chi connectivity index (χ4n) is 6.10. The maximum Gasteiger partial charge on any atom is 0.422 e. The highest BCUT2D eigenvalue weighted by Crippen LogP contribution is 2.44. The van der Waals surface area contributed by atoms with Gasteiger partial charge in [0.15, 0.2) is 11.6 Å². The third-order valence-electron chi connectivity index (χ3n) is 8.36. The molecule has 1 fully saturated rings. The van der Waals surface area contributed by atoms with Gasteiger partial charge in [0, 0.05) is 10.5 Å². The predicted octanol–water partition coefficient (Wildman–Crippen LogP) is 10.2. The van der Waals surface area contributed by atoms with Gasteiger partial charge in [-0.3, -0.25) is 0 Å². The van der Waals surface area contributed by atoms with Crippen LogP contribution in [-0.2, 0) is 0 Å². The van der Waals surface area contributed by atoms with Gasteiger partial charge in [0.1, 0.15) is 5.75 Å². The first kappa shape index (κ1) is 26.9. The molecule has 0 aliphatic heterocycles. The van der Waals surface area contributed by atoms with Crippen molar-refractivity contribution in [3.8, 4) is 21.9 Å². The van der Waals surface area contributed by atoms with Crippen LogP contribution < -0.4 is 9.47 Å². The normalized spacial score (nSPS) is 22.2. The third-order valence-corrected chi connectivity index (χ3v) is 9.55. The van der Waals surface area contributed by atoms with E-state index in [1.807, 2.05) is 18.2 Å². The van der Waals surface area contributed by atoms with E-state index in [9.17, 15) is 4.39 Å².